The lowest BCUT2D eigenvalue weighted by Crippen LogP contribution is -2.13. The summed E-state index contributed by atoms with van der Waals surface area (Å²) >= 11 is 3.47. The van der Waals surface area contributed by atoms with Gasteiger partial charge in [-0.25, -0.2) is 0 Å². The van der Waals surface area contributed by atoms with Gasteiger partial charge in [0.2, 0.25) is 5.91 Å². The van der Waals surface area contributed by atoms with E-state index in [1.807, 2.05) is 50.2 Å². The van der Waals surface area contributed by atoms with Gasteiger partial charge in [0.1, 0.15) is 5.75 Å². The van der Waals surface area contributed by atoms with Crippen molar-refractivity contribution in [3.63, 3.8) is 0 Å². The number of rotatable bonds is 6. The minimum atomic E-state index is 0.0621. The summed E-state index contributed by atoms with van der Waals surface area (Å²) in [6.45, 7) is 4.01. The third kappa shape index (κ3) is 5.10. The van der Waals surface area contributed by atoms with Crippen molar-refractivity contribution < 1.29 is 9.53 Å². The fourth-order valence-corrected chi connectivity index (χ4v) is 3.24. The summed E-state index contributed by atoms with van der Waals surface area (Å²) in [5, 5.41) is 3.03. The van der Waals surface area contributed by atoms with Gasteiger partial charge in [-0.3, -0.25) is 4.79 Å². The zero-order chi connectivity index (χ0) is 16.8. The number of aryl methyl sites for hydroxylation is 3. The van der Waals surface area contributed by atoms with Crippen molar-refractivity contribution in [3.8, 4) is 5.75 Å². The molecule has 0 heterocycles. The maximum absolute atomic E-state index is 12.1. The first-order valence-electron chi connectivity index (χ1n) is 7.69. The van der Waals surface area contributed by atoms with E-state index in [1.54, 1.807) is 7.11 Å². The Morgan fingerprint density at radius 3 is 2.30 bits per heavy atom. The number of anilines is 1. The van der Waals surface area contributed by atoms with Crippen molar-refractivity contribution in [2.75, 3.05) is 12.4 Å². The molecule has 0 fully saturated rings. The molecule has 0 unspecified atom stereocenters. The Kier molecular flexibility index (Phi) is 6.22. The molecule has 2 rings (SSSR count). The summed E-state index contributed by atoms with van der Waals surface area (Å²) in [5.41, 5.74) is 4.28. The van der Waals surface area contributed by atoms with E-state index in [1.165, 1.54) is 5.56 Å². The Hall–Kier alpha value is -1.81. The Morgan fingerprint density at radius 2 is 1.74 bits per heavy atom. The number of carbonyl (C=O) groups is 1. The molecule has 0 spiro atoms. The molecule has 23 heavy (non-hydrogen) atoms. The lowest BCUT2D eigenvalue weighted by atomic mass is 10.1. The predicted octanol–water partition coefficient (Wildman–Crippen LogP) is 5.04. The van der Waals surface area contributed by atoms with Crippen LogP contribution in [0.5, 0.6) is 5.75 Å². The van der Waals surface area contributed by atoms with Gasteiger partial charge in [0.05, 0.1) is 7.11 Å². The van der Waals surface area contributed by atoms with Crippen LogP contribution in [0.1, 0.15) is 29.5 Å². The lowest BCUT2D eigenvalue weighted by Gasteiger charge is -2.12. The molecule has 2 aromatic rings. The average Bonchev–Trinajstić information content (AvgIpc) is 2.51. The number of ether oxygens (including phenoxy) is 1. The van der Waals surface area contributed by atoms with Crippen molar-refractivity contribution in [2.45, 2.75) is 33.1 Å². The second kappa shape index (κ2) is 8.16. The topological polar surface area (TPSA) is 38.3 Å². The molecule has 0 aliphatic carbocycles. The molecule has 0 saturated carbocycles. The fraction of sp³-hybridized carbons (Fsp3) is 0.316. The van der Waals surface area contributed by atoms with Gasteiger partial charge in [-0.05, 0) is 67.6 Å². The van der Waals surface area contributed by atoms with Crippen LogP contribution in [0, 0.1) is 13.8 Å². The van der Waals surface area contributed by atoms with E-state index < -0.39 is 0 Å². The monoisotopic (exact) mass is 375 g/mol. The van der Waals surface area contributed by atoms with E-state index in [-0.39, 0.29) is 5.91 Å². The van der Waals surface area contributed by atoms with E-state index in [0.29, 0.717) is 6.42 Å². The predicted molar refractivity (Wildman–Crippen MR) is 98.2 cm³/mol. The fourth-order valence-electron chi connectivity index (χ4n) is 2.56. The standard InChI is InChI=1S/C19H22BrNO2/c1-13-11-16(20)12-14(2)19(13)21-18(22)6-4-5-15-7-9-17(23-3)10-8-15/h7-12H,4-6H2,1-3H3,(H,21,22). The van der Waals surface area contributed by atoms with Crippen LogP contribution in [-0.4, -0.2) is 13.0 Å². The number of hydrogen-bond acceptors (Lipinski definition) is 2. The van der Waals surface area contributed by atoms with Gasteiger partial charge in [0.25, 0.3) is 0 Å². The smallest absolute Gasteiger partial charge is 0.224 e. The Morgan fingerprint density at radius 1 is 1.13 bits per heavy atom. The first kappa shape index (κ1) is 17.5. The first-order chi connectivity index (χ1) is 11.0. The summed E-state index contributed by atoms with van der Waals surface area (Å²) in [6, 6.07) is 12.0. The van der Waals surface area contributed by atoms with E-state index in [2.05, 4.69) is 21.2 Å². The highest BCUT2D eigenvalue weighted by atomic mass is 79.9. The van der Waals surface area contributed by atoms with Crippen LogP contribution < -0.4 is 10.1 Å². The number of benzene rings is 2. The van der Waals surface area contributed by atoms with Crippen LogP contribution in [0.4, 0.5) is 5.69 Å². The molecule has 0 bridgehead atoms. The first-order valence-corrected chi connectivity index (χ1v) is 8.48. The normalized spacial score (nSPS) is 10.4. The van der Waals surface area contributed by atoms with Crippen molar-refractivity contribution in [1.29, 1.82) is 0 Å². The minimum Gasteiger partial charge on any atom is -0.497 e. The highest BCUT2D eigenvalue weighted by molar-refractivity contribution is 9.10. The van der Waals surface area contributed by atoms with E-state index in [4.69, 9.17) is 4.74 Å². The molecule has 0 radical (unpaired) electrons. The van der Waals surface area contributed by atoms with Gasteiger partial charge >= 0.3 is 0 Å². The molecule has 0 aliphatic heterocycles. The molecule has 0 atom stereocenters. The second-order valence-corrected chi connectivity index (χ2v) is 6.58. The summed E-state index contributed by atoms with van der Waals surface area (Å²) in [4.78, 5) is 12.1. The molecule has 1 amide bonds. The van der Waals surface area contributed by atoms with Crippen molar-refractivity contribution in [2.24, 2.45) is 0 Å². The number of amides is 1. The number of methoxy groups -OCH3 is 1. The van der Waals surface area contributed by atoms with Crippen LogP contribution in [0.2, 0.25) is 0 Å². The largest absolute Gasteiger partial charge is 0.497 e. The van der Waals surface area contributed by atoms with Crippen LogP contribution in [-0.2, 0) is 11.2 Å². The molecule has 0 aliphatic rings. The number of carbonyl (C=O) groups excluding carboxylic acids is 1. The molecule has 2 aromatic carbocycles. The van der Waals surface area contributed by atoms with E-state index >= 15 is 0 Å². The molecule has 0 saturated heterocycles. The maximum Gasteiger partial charge on any atom is 0.224 e. The highest BCUT2D eigenvalue weighted by Gasteiger charge is 2.08. The summed E-state index contributed by atoms with van der Waals surface area (Å²) in [6.07, 6.45) is 2.23. The van der Waals surface area contributed by atoms with E-state index in [9.17, 15) is 4.79 Å². The Balaban J connectivity index is 1.85. The minimum absolute atomic E-state index is 0.0621. The molecule has 3 nitrogen and oxygen atoms in total. The Bertz CT molecular complexity index is 657. The van der Waals surface area contributed by atoms with Crippen LogP contribution in [0.3, 0.4) is 0 Å². The van der Waals surface area contributed by atoms with Gasteiger partial charge in [-0.15, -0.1) is 0 Å². The summed E-state index contributed by atoms with van der Waals surface area (Å²) in [7, 11) is 1.66. The van der Waals surface area contributed by atoms with Gasteiger partial charge in [-0.2, -0.15) is 0 Å². The van der Waals surface area contributed by atoms with Gasteiger partial charge < -0.3 is 10.1 Å². The SMILES string of the molecule is COc1ccc(CCCC(=O)Nc2c(C)cc(Br)cc2C)cc1. The van der Waals surface area contributed by atoms with E-state index in [0.717, 1.165) is 39.9 Å². The Labute approximate surface area is 146 Å². The van der Waals surface area contributed by atoms with Crippen LogP contribution >= 0.6 is 15.9 Å². The summed E-state index contributed by atoms with van der Waals surface area (Å²) in [5.74, 6) is 0.916. The lowest BCUT2D eigenvalue weighted by molar-refractivity contribution is -0.116. The third-order valence-corrected chi connectivity index (χ3v) is 4.25. The van der Waals surface area contributed by atoms with Crippen LogP contribution in [0.15, 0.2) is 40.9 Å². The molecule has 122 valence electrons. The second-order valence-electron chi connectivity index (χ2n) is 5.66. The molecule has 0 aromatic heterocycles. The zero-order valence-electron chi connectivity index (χ0n) is 13.8. The van der Waals surface area contributed by atoms with Gasteiger partial charge in [0, 0.05) is 16.6 Å². The van der Waals surface area contributed by atoms with Gasteiger partial charge in [0.15, 0.2) is 0 Å². The van der Waals surface area contributed by atoms with Crippen molar-refractivity contribution in [3.05, 3.63) is 57.6 Å². The molecular formula is C19H22BrNO2. The quantitative estimate of drug-likeness (QED) is 0.768. The summed E-state index contributed by atoms with van der Waals surface area (Å²) < 4.78 is 6.17. The number of nitrogens with one attached hydrogen (secondary N) is 1. The van der Waals surface area contributed by atoms with Gasteiger partial charge in [-0.1, -0.05) is 28.1 Å². The van der Waals surface area contributed by atoms with Crippen molar-refractivity contribution in [1.82, 2.24) is 0 Å². The zero-order valence-corrected chi connectivity index (χ0v) is 15.4. The molecule has 1 N–H and O–H groups in total. The van der Waals surface area contributed by atoms with Crippen molar-refractivity contribution >= 4 is 27.5 Å². The number of halogens is 1. The highest BCUT2D eigenvalue weighted by Crippen LogP contribution is 2.25. The molecule has 4 heteroatoms. The maximum atomic E-state index is 12.1. The number of hydrogen-bond donors (Lipinski definition) is 1. The average molecular weight is 376 g/mol. The van der Waals surface area contributed by atoms with Crippen LogP contribution in [0.25, 0.3) is 0 Å². The third-order valence-electron chi connectivity index (χ3n) is 3.79. The molecular weight excluding hydrogens is 354 g/mol.